The number of ketones is 1. The number of nitrogens with two attached hydrogens (primary N) is 1. The summed E-state index contributed by atoms with van der Waals surface area (Å²) in [7, 11) is 0. The van der Waals surface area contributed by atoms with Gasteiger partial charge in [-0.25, -0.2) is 0 Å². The molecule has 0 aromatic heterocycles. The van der Waals surface area contributed by atoms with E-state index >= 15 is 0 Å². The molecule has 0 atom stereocenters. The molecule has 2 rings (SSSR count). The maximum atomic E-state index is 11.4. The number of hydrogen-bond donors (Lipinski definition) is 3. The molecule has 0 fully saturated rings. The summed E-state index contributed by atoms with van der Waals surface area (Å²) in [6.45, 7) is -0.0461. The minimum absolute atomic E-state index is 0.0461. The molecule has 0 heterocycles. The van der Waals surface area contributed by atoms with E-state index in [9.17, 15) is 15.0 Å². The van der Waals surface area contributed by atoms with Gasteiger partial charge in [0.05, 0.1) is 6.54 Å². The highest BCUT2D eigenvalue weighted by Gasteiger charge is 2.06. The number of aromatic hydroxyl groups is 2. The molecule has 0 spiro atoms. The molecule has 4 N–H and O–H groups in total. The van der Waals surface area contributed by atoms with Gasteiger partial charge in [-0.3, -0.25) is 4.79 Å². The maximum Gasteiger partial charge on any atom is 0.176 e. The lowest BCUT2D eigenvalue weighted by molar-refractivity contribution is 0.100. The normalized spacial score (nSPS) is 10.6. The molecule has 0 saturated heterocycles. The van der Waals surface area contributed by atoms with Gasteiger partial charge in [-0.1, -0.05) is 12.1 Å². The Morgan fingerprint density at radius 3 is 2.31 bits per heavy atom. The summed E-state index contributed by atoms with van der Waals surface area (Å²) in [6.07, 6.45) is 0. The van der Waals surface area contributed by atoms with Gasteiger partial charge in [0, 0.05) is 5.56 Å². The summed E-state index contributed by atoms with van der Waals surface area (Å²) in [6, 6.07) is 7.86. The van der Waals surface area contributed by atoms with Gasteiger partial charge < -0.3 is 15.9 Å². The zero-order valence-electron chi connectivity index (χ0n) is 8.47. The third kappa shape index (κ3) is 1.70. The van der Waals surface area contributed by atoms with Crippen LogP contribution in [0.25, 0.3) is 10.8 Å². The Morgan fingerprint density at radius 2 is 1.69 bits per heavy atom. The van der Waals surface area contributed by atoms with Crippen LogP contribution in [-0.2, 0) is 0 Å². The highest BCUT2D eigenvalue weighted by molar-refractivity contribution is 6.01. The Kier molecular flexibility index (Phi) is 2.50. The Bertz CT molecular complexity index is 563. The van der Waals surface area contributed by atoms with Crippen molar-refractivity contribution in [2.24, 2.45) is 5.73 Å². The smallest absolute Gasteiger partial charge is 0.176 e. The quantitative estimate of drug-likeness (QED) is 0.524. The third-order valence-electron chi connectivity index (χ3n) is 2.44. The van der Waals surface area contributed by atoms with E-state index in [0.717, 1.165) is 5.39 Å². The van der Waals surface area contributed by atoms with Gasteiger partial charge in [-0.15, -0.1) is 0 Å². The first-order valence-electron chi connectivity index (χ1n) is 4.81. The van der Waals surface area contributed by atoms with Gasteiger partial charge in [0.25, 0.3) is 0 Å². The molecular formula is C12H11NO3. The molecule has 0 bridgehead atoms. The molecule has 2 aromatic carbocycles. The standard InChI is InChI=1S/C12H11NO3/c13-6-12(16)8-2-1-7-4-10(14)11(15)5-9(7)3-8/h1-5,14-15H,6,13H2. The van der Waals surface area contributed by atoms with Crippen LogP contribution in [0.5, 0.6) is 11.5 Å². The van der Waals surface area contributed by atoms with Crippen LogP contribution in [-0.4, -0.2) is 22.5 Å². The molecular weight excluding hydrogens is 206 g/mol. The molecule has 0 aliphatic heterocycles. The lowest BCUT2D eigenvalue weighted by Gasteiger charge is -2.04. The molecule has 0 unspecified atom stereocenters. The molecule has 0 saturated carbocycles. The lowest BCUT2D eigenvalue weighted by Crippen LogP contribution is -2.13. The van der Waals surface area contributed by atoms with Crippen molar-refractivity contribution >= 4 is 16.6 Å². The molecule has 0 aliphatic carbocycles. The molecule has 0 amide bonds. The number of hydrogen-bond acceptors (Lipinski definition) is 4. The van der Waals surface area contributed by atoms with Crippen molar-refractivity contribution < 1.29 is 15.0 Å². The van der Waals surface area contributed by atoms with E-state index in [1.807, 2.05) is 0 Å². The lowest BCUT2D eigenvalue weighted by atomic mass is 10.0. The van der Waals surface area contributed by atoms with Crippen LogP contribution in [0.1, 0.15) is 10.4 Å². The van der Waals surface area contributed by atoms with Crippen LogP contribution in [0.2, 0.25) is 0 Å². The highest BCUT2D eigenvalue weighted by Crippen LogP contribution is 2.30. The summed E-state index contributed by atoms with van der Waals surface area (Å²) >= 11 is 0. The maximum absolute atomic E-state index is 11.4. The second-order valence-electron chi connectivity index (χ2n) is 3.53. The summed E-state index contributed by atoms with van der Waals surface area (Å²) in [5.74, 6) is -0.537. The Balaban J connectivity index is 2.62. The average Bonchev–Trinajstić information content (AvgIpc) is 2.29. The van der Waals surface area contributed by atoms with E-state index in [-0.39, 0.29) is 23.8 Å². The zero-order valence-corrected chi connectivity index (χ0v) is 8.47. The summed E-state index contributed by atoms with van der Waals surface area (Å²) in [5, 5.41) is 20.1. The minimum Gasteiger partial charge on any atom is -0.504 e. The summed E-state index contributed by atoms with van der Waals surface area (Å²) in [4.78, 5) is 11.4. The second-order valence-corrected chi connectivity index (χ2v) is 3.53. The molecule has 4 heteroatoms. The predicted molar refractivity (Wildman–Crippen MR) is 60.7 cm³/mol. The van der Waals surface area contributed by atoms with Gasteiger partial charge in [0.1, 0.15) is 0 Å². The number of phenolic OH excluding ortho intramolecular Hbond substituents is 2. The van der Waals surface area contributed by atoms with Crippen molar-refractivity contribution in [2.45, 2.75) is 0 Å². The highest BCUT2D eigenvalue weighted by atomic mass is 16.3. The van der Waals surface area contributed by atoms with E-state index in [4.69, 9.17) is 5.73 Å². The molecule has 4 nitrogen and oxygen atoms in total. The summed E-state index contributed by atoms with van der Waals surface area (Å²) < 4.78 is 0. The number of benzene rings is 2. The van der Waals surface area contributed by atoms with Gasteiger partial charge >= 0.3 is 0 Å². The van der Waals surface area contributed by atoms with Crippen molar-refractivity contribution in [3.8, 4) is 11.5 Å². The second kappa shape index (κ2) is 3.83. The van der Waals surface area contributed by atoms with Gasteiger partial charge in [-0.05, 0) is 29.0 Å². The first-order valence-corrected chi connectivity index (χ1v) is 4.81. The van der Waals surface area contributed by atoms with Crippen molar-refractivity contribution in [1.82, 2.24) is 0 Å². The van der Waals surface area contributed by atoms with Crippen molar-refractivity contribution in [2.75, 3.05) is 6.54 Å². The first kappa shape index (κ1) is 10.4. The largest absolute Gasteiger partial charge is 0.504 e. The average molecular weight is 217 g/mol. The predicted octanol–water partition coefficient (Wildman–Crippen LogP) is 1.39. The number of rotatable bonds is 2. The monoisotopic (exact) mass is 217 g/mol. The first-order chi connectivity index (χ1) is 7.61. The fraction of sp³-hybridized carbons (Fsp3) is 0.0833. The topological polar surface area (TPSA) is 83.6 Å². The fourth-order valence-electron chi connectivity index (χ4n) is 1.56. The van der Waals surface area contributed by atoms with Crippen molar-refractivity contribution in [3.05, 3.63) is 35.9 Å². The van der Waals surface area contributed by atoms with Gasteiger partial charge in [0.15, 0.2) is 17.3 Å². The minimum atomic E-state index is -0.204. The van der Waals surface area contributed by atoms with Gasteiger partial charge in [-0.2, -0.15) is 0 Å². The molecule has 82 valence electrons. The molecule has 16 heavy (non-hydrogen) atoms. The fourth-order valence-corrected chi connectivity index (χ4v) is 1.56. The van der Waals surface area contributed by atoms with Crippen LogP contribution in [0, 0.1) is 0 Å². The van der Waals surface area contributed by atoms with E-state index in [2.05, 4.69) is 0 Å². The third-order valence-corrected chi connectivity index (χ3v) is 2.44. The van der Waals surface area contributed by atoms with Crippen LogP contribution < -0.4 is 5.73 Å². The van der Waals surface area contributed by atoms with E-state index in [1.54, 1.807) is 18.2 Å². The van der Waals surface area contributed by atoms with Crippen LogP contribution >= 0.6 is 0 Å². The number of carbonyl (C=O) groups excluding carboxylic acids is 1. The van der Waals surface area contributed by atoms with E-state index in [0.29, 0.717) is 10.9 Å². The molecule has 0 aliphatic rings. The number of phenols is 2. The number of Topliss-reactive ketones (excluding diaryl/α,β-unsaturated/α-hetero) is 1. The van der Waals surface area contributed by atoms with Crippen LogP contribution in [0.15, 0.2) is 30.3 Å². The number of fused-ring (bicyclic) bond motifs is 1. The number of carbonyl (C=O) groups is 1. The van der Waals surface area contributed by atoms with E-state index < -0.39 is 0 Å². The summed E-state index contributed by atoms with van der Waals surface area (Å²) in [5.41, 5.74) is 5.76. The zero-order chi connectivity index (χ0) is 11.7. The molecule has 0 radical (unpaired) electrons. The van der Waals surface area contributed by atoms with Crippen LogP contribution in [0.3, 0.4) is 0 Å². The Morgan fingerprint density at radius 1 is 1.06 bits per heavy atom. The molecule has 2 aromatic rings. The van der Waals surface area contributed by atoms with Crippen molar-refractivity contribution in [3.63, 3.8) is 0 Å². The Hall–Kier alpha value is -2.07. The Labute approximate surface area is 91.9 Å². The SMILES string of the molecule is NCC(=O)c1ccc2cc(O)c(O)cc2c1. The van der Waals surface area contributed by atoms with Crippen molar-refractivity contribution in [1.29, 1.82) is 0 Å². The van der Waals surface area contributed by atoms with Gasteiger partial charge in [0.2, 0.25) is 0 Å². The van der Waals surface area contributed by atoms with E-state index in [1.165, 1.54) is 12.1 Å². The van der Waals surface area contributed by atoms with Crippen LogP contribution in [0.4, 0.5) is 0 Å².